The van der Waals surface area contributed by atoms with Crippen LogP contribution in [0.3, 0.4) is 0 Å². The molecule has 122 valence electrons. The molecule has 3 nitrogen and oxygen atoms in total. The van der Waals surface area contributed by atoms with Crippen LogP contribution in [0.5, 0.6) is 0 Å². The van der Waals surface area contributed by atoms with Gasteiger partial charge in [-0.05, 0) is 37.8 Å². The number of fused-ring (bicyclic) bond motifs is 1. The number of piperidine rings is 2. The smallest absolute Gasteiger partial charge is 0.338 e. The molecule has 1 aromatic carbocycles. The molecule has 2 aliphatic heterocycles. The number of esters is 1. The summed E-state index contributed by atoms with van der Waals surface area (Å²) in [7, 11) is 2.40. The molecule has 22 heavy (non-hydrogen) atoms. The molecule has 0 N–H and O–H groups in total. The third-order valence-electron chi connectivity index (χ3n) is 5.45. The lowest BCUT2D eigenvalue weighted by atomic mass is 9.82. The zero-order valence-electron chi connectivity index (χ0n) is 13.3. The van der Waals surface area contributed by atoms with Crippen molar-refractivity contribution in [3.63, 3.8) is 0 Å². The number of benzene rings is 1. The molecule has 1 aromatic rings. The molecular weight excluding hydrogens is 389 g/mol. The van der Waals surface area contributed by atoms with E-state index in [1.54, 1.807) is 0 Å². The van der Waals surface area contributed by atoms with Gasteiger partial charge >= 0.3 is 5.97 Å². The maximum Gasteiger partial charge on any atom is 0.338 e. The first-order valence-electron chi connectivity index (χ1n) is 8.25. The quantitative estimate of drug-likeness (QED) is 0.402. The molecule has 0 aliphatic carbocycles. The molecule has 2 fully saturated rings. The number of hydrogen-bond acceptors (Lipinski definition) is 2. The van der Waals surface area contributed by atoms with Crippen LogP contribution in [0, 0.1) is 5.92 Å². The Bertz CT molecular complexity index is 489. The average Bonchev–Trinajstić information content (AvgIpc) is 2.52. The van der Waals surface area contributed by atoms with Crippen molar-refractivity contribution in [2.24, 2.45) is 5.92 Å². The van der Waals surface area contributed by atoms with Crippen molar-refractivity contribution in [3.8, 4) is 0 Å². The van der Waals surface area contributed by atoms with Gasteiger partial charge in [-0.1, -0.05) is 18.2 Å². The third-order valence-corrected chi connectivity index (χ3v) is 5.45. The Balaban J connectivity index is 0.00000176. The zero-order chi connectivity index (χ0) is 14.7. The summed E-state index contributed by atoms with van der Waals surface area (Å²) in [5.74, 6) is 0.364. The Morgan fingerprint density at radius 1 is 1.14 bits per heavy atom. The van der Waals surface area contributed by atoms with Gasteiger partial charge in [0.25, 0.3) is 0 Å². The van der Waals surface area contributed by atoms with Gasteiger partial charge in [-0.25, -0.2) is 4.79 Å². The molecule has 0 bridgehead atoms. The summed E-state index contributed by atoms with van der Waals surface area (Å²) >= 11 is 0. The second-order valence-corrected chi connectivity index (χ2v) is 6.86. The van der Waals surface area contributed by atoms with E-state index >= 15 is 0 Å². The monoisotopic (exact) mass is 415 g/mol. The minimum absolute atomic E-state index is 0. The fraction of sp³-hybridized carbons (Fsp3) is 0.611. The minimum Gasteiger partial charge on any atom is -1.00 e. The first-order valence-corrected chi connectivity index (χ1v) is 8.25. The van der Waals surface area contributed by atoms with E-state index in [-0.39, 0.29) is 29.9 Å². The predicted molar refractivity (Wildman–Crippen MR) is 83.0 cm³/mol. The first-order chi connectivity index (χ1) is 10.2. The topological polar surface area (TPSA) is 26.3 Å². The fourth-order valence-corrected chi connectivity index (χ4v) is 4.27. The molecule has 2 heterocycles. The van der Waals surface area contributed by atoms with Gasteiger partial charge in [-0.15, -0.1) is 0 Å². The molecule has 1 unspecified atom stereocenters. The molecule has 0 saturated carbocycles. The van der Waals surface area contributed by atoms with Crippen LogP contribution >= 0.6 is 0 Å². The average molecular weight is 415 g/mol. The minimum atomic E-state index is -0.175. The molecule has 0 spiro atoms. The molecule has 3 atom stereocenters. The van der Waals surface area contributed by atoms with Crippen molar-refractivity contribution in [3.05, 3.63) is 35.9 Å². The summed E-state index contributed by atoms with van der Waals surface area (Å²) in [6.45, 7) is 3.19. The van der Waals surface area contributed by atoms with Crippen molar-refractivity contribution in [1.82, 2.24) is 0 Å². The van der Waals surface area contributed by atoms with E-state index in [1.807, 2.05) is 30.3 Å². The standard InChI is InChI=1S/C18H26NO2.HI/c1-19-12-6-5-11-17(19)16(10-7-13-19)14-21-18(20)15-8-3-2-4-9-15;/h2-4,8-9,16-17H,5-7,10-14H2,1H3;1H/q+1;/p-1/t16-,17+,19?;/m0./s1. The summed E-state index contributed by atoms with van der Waals surface area (Å²) in [4.78, 5) is 12.1. The van der Waals surface area contributed by atoms with Gasteiger partial charge in [-0.3, -0.25) is 0 Å². The fourth-order valence-electron chi connectivity index (χ4n) is 4.27. The van der Waals surface area contributed by atoms with Gasteiger partial charge in [0.15, 0.2) is 0 Å². The molecule has 4 heteroatoms. The zero-order valence-corrected chi connectivity index (χ0v) is 15.5. The van der Waals surface area contributed by atoms with Crippen LogP contribution in [0.15, 0.2) is 30.3 Å². The lowest BCUT2D eigenvalue weighted by Crippen LogP contribution is -3.00. The molecule has 2 aliphatic rings. The Labute approximate surface area is 150 Å². The van der Waals surface area contributed by atoms with E-state index < -0.39 is 0 Å². The van der Waals surface area contributed by atoms with E-state index in [2.05, 4.69) is 7.05 Å². The van der Waals surface area contributed by atoms with Crippen LogP contribution in [0.4, 0.5) is 0 Å². The van der Waals surface area contributed by atoms with Gasteiger partial charge in [0.1, 0.15) is 6.61 Å². The number of carbonyl (C=O) groups excluding carboxylic acids is 1. The van der Waals surface area contributed by atoms with Crippen molar-refractivity contribution in [1.29, 1.82) is 0 Å². The van der Waals surface area contributed by atoms with E-state index in [9.17, 15) is 4.79 Å². The van der Waals surface area contributed by atoms with Crippen LogP contribution in [-0.2, 0) is 4.74 Å². The van der Waals surface area contributed by atoms with E-state index in [1.165, 1.54) is 49.7 Å². The van der Waals surface area contributed by atoms with Gasteiger partial charge in [0.2, 0.25) is 0 Å². The highest BCUT2D eigenvalue weighted by atomic mass is 127. The van der Waals surface area contributed by atoms with E-state index in [4.69, 9.17) is 4.74 Å². The molecule has 0 radical (unpaired) electrons. The number of halogens is 1. The second-order valence-electron chi connectivity index (χ2n) is 6.86. The van der Waals surface area contributed by atoms with Crippen molar-refractivity contribution < 1.29 is 38.0 Å². The second kappa shape index (κ2) is 7.77. The number of carbonyl (C=O) groups is 1. The Morgan fingerprint density at radius 3 is 2.64 bits per heavy atom. The number of hydrogen-bond donors (Lipinski definition) is 0. The summed E-state index contributed by atoms with van der Waals surface area (Å²) in [6, 6.07) is 10.0. The Morgan fingerprint density at radius 2 is 1.86 bits per heavy atom. The third kappa shape index (κ3) is 3.82. The largest absolute Gasteiger partial charge is 1.00 e. The summed E-state index contributed by atoms with van der Waals surface area (Å²) < 4.78 is 6.81. The first kappa shape index (κ1) is 17.7. The number of nitrogens with zero attached hydrogens (tertiary/aromatic N) is 1. The highest BCUT2D eigenvalue weighted by Gasteiger charge is 2.43. The lowest BCUT2D eigenvalue weighted by Gasteiger charge is -2.51. The Kier molecular flexibility index (Phi) is 6.26. The van der Waals surface area contributed by atoms with Crippen LogP contribution < -0.4 is 24.0 Å². The number of quaternary nitrogens is 1. The summed E-state index contributed by atoms with van der Waals surface area (Å²) in [5.41, 5.74) is 0.661. The van der Waals surface area contributed by atoms with Crippen molar-refractivity contribution in [2.75, 3.05) is 26.7 Å². The maximum atomic E-state index is 12.1. The Hall–Kier alpha value is -0.620. The van der Waals surface area contributed by atoms with Crippen LogP contribution in [-0.4, -0.2) is 43.2 Å². The van der Waals surface area contributed by atoms with E-state index in [0.29, 0.717) is 24.1 Å². The molecule has 0 aromatic heterocycles. The molecule has 3 rings (SSSR count). The van der Waals surface area contributed by atoms with Gasteiger partial charge in [-0.2, -0.15) is 0 Å². The van der Waals surface area contributed by atoms with Crippen molar-refractivity contribution >= 4 is 5.97 Å². The summed E-state index contributed by atoms with van der Waals surface area (Å²) in [6.07, 6.45) is 6.45. The lowest BCUT2D eigenvalue weighted by molar-refractivity contribution is -0.947. The van der Waals surface area contributed by atoms with Gasteiger partial charge < -0.3 is 33.2 Å². The van der Waals surface area contributed by atoms with E-state index in [0.717, 1.165) is 0 Å². The van der Waals surface area contributed by atoms with Crippen molar-refractivity contribution in [2.45, 2.75) is 38.1 Å². The summed E-state index contributed by atoms with van der Waals surface area (Å²) in [5, 5.41) is 0. The molecule has 0 amide bonds. The van der Waals surface area contributed by atoms with Gasteiger partial charge in [0.05, 0.1) is 31.7 Å². The maximum absolute atomic E-state index is 12.1. The number of rotatable bonds is 3. The van der Waals surface area contributed by atoms with Crippen LogP contribution in [0.1, 0.15) is 42.5 Å². The SMILES string of the molecule is C[N+]12CCCC[C@@H]1[C@H](COC(=O)c1ccccc1)CCC2.[I-]. The number of ether oxygens (including phenoxy) is 1. The normalized spacial score (nSPS) is 30.8. The highest BCUT2D eigenvalue weighted by Crippen LogP contribution is 2.36. The molecule has 2 saturated heterocycles. The van der Waals surface area contributed by atoms with Crippen LogP contribution in [0.2, 0.25) is 0 Å². The molecular formula is C18H26INO2. The van der Waals surface area contributed by atoms with Gasteiger partial charge in [0, 0.05) is 12.3 Å². The highest BCUT2D eigenvalue weighted by molar-refractivity contribution is 5.89. The predicted octanol–water partition coefficient (Wildman–Crippen LogP) is 0.257. The van der Waals surface area contributed by atoms with Crippen LogP contribution in [0.25, 0.3) is 0 Å².